The second-order valence-electron chi connectivity index (χ2n) is 4.42. The van der Waals surface area contributed by atoms with E-state index in [0.717, 1.165) is 6.42 Å². The topological polar surface area (TPSA) is 66.4 Å². The van der Waals surface area contributed by atoms with Crippen molar-refractivity contribution in [1.82, 2.24) is 4.72 Å². The molecule has 0 saturated carbocycles. The van der Waals surface area contributed by atoms with Crippen molar-refractivity contribution >= 4 is 10.0 Å². The highest BCUT2D eigenvalue weighted by Gasteiger charge is 2.11. The van der Waals surface area contributed by atoms with Crippen molar-refractivity contribution < 1.29 is 17.9 Å². The standard InChI is InChI=1S/C13H20FNO3S/c1-2-3-10-19(17,18)15-9-8-13(16)11-4-6-12(14)7-5-11/h4-7,13,15-16H,2-3,8-10H2,1H3. The second kappa shape index (κ2) is 7.57. The lowest BCUT2D eigenvalue weighted by Crippen LogP contribution is -2.28. The van der Waals surface area contributed by atoms with Crippen LogP contribution in [0.4, 0.5) is 4.39 Å². The molecule has 19 heavy (non-hydrogen) atoms. The lowest BCUT2D eigenvalue weighted by Gasteiger charge is -2.11. The van der Waals surface area contributed by atoms with Gasteiger partial charge in [-0.05, 0) is 30.5 Å². The Balaban J connectivity index is 2.38. The van der Waals surface area contributed by atoms with Crippen molar-refractivity contribution in [3.8, 4) is 0 Å². The van der Waals surface area contributed by atoms with E-state index in [-0.39, 0.29) is 24.5 Å². The molecule has 0 aliphatic rings. The van der Waals surface area contributed by atoms with E-state index in [1.165, 1.54) is 24.3 Å². The zero-order valence-electron chi connectivity index (χ0n) is 11.0. The maximum atomic E-state index is 12.7. The van der Waals surface area contributed by atoms with Crippen molar-refractivity contribution in [1.29, 1.82) is 0 Å². The van der Waals surface area contributed by atoms with Crippen LogP contribution in [0.25, 0.3) is 0 Å². The lowest BCUT2D eigenvalue weighted by molar-refractivity contribution is 0.169. The van der Waals surface area contributed by atoms with Crippen molar-refractivity contribution in [3.05, 3.63) is 35.6 Å². The fourth-order valence-electron chi connectivity index (χ4n) is 1.61. The fraction of sp³-hybridized carbons (Fsp3) is 0.538. The molecule has 108 valence electrons. The molecule has 0 heterocycles. The maximum absolute atomic E-state index is 12.7. The molecule has 0 saturated heterocycles. The first kappa shape index (κ1) is 16.1. The Morgan fingerprint density at radius 1 is 1.32 bits per heavy atom. The third kappa shape index (κ3) is 6.13. The quantitative estimate of drug-likeness (QED) is 0.769. The molecule has 0 spiro atoms. The Labute approximate surface area is 113 Å². The van der Waals surface area contributed by atoms with E-state index in [9.17, 15) is 17.9 Å². The minimum atomic E-state index is -3.25. The molecular formula is C13H20FNO3S. The van der Waals surface area contributed by atoms with Gasteiger partial charge < -0.3 is 5.11 Å². The molecule has 0 amide bonds. The minimum absolute atomic E-state index is 0.107. The van der Waals surface area contributed by atoms with Gasteiger partial charge in [-0.2, -0.15) is 0 Å². The molecule has 6 heteroatoms. The summed E-state index contributed by atoms with van der Waals surface area (Å²) in [6, 6.07) is 5.52. The highest BCUT2D eigenvalue weighted by atomic mass is 32.2. The molecule has 1 aromatic rings. The Hall–Kier alpha value is -0.980. The van der Waals surface area contributed by atoms with Crippen LogP contribution in [0.5, 0.6) is 0 Å². The van der Waals surface area contributed by atoms with E-state index in [4.69, 9.17) is 0 Å². The van der Waals surface area contributed by atoms with Gasteiger partial charge in [0.05, 0.1) is 11.9 Å². The average Bonchev–Trinajstić information content (AvgIpc) is 2.37. The Kier molecular flexibility index (Phi) is 6.41. The number of unbranched alkanes of at least 4 members (excludes halogenated alkanes) is 1. The summed E-state index contributed by atoms with van der Waals surface area (Å²) in [4.78, 5) is 0. The number of aliphatic hydroxyl groups excluding tert-OH is 1. The zero-order chi connectivity index (χ0) is 14.3. The molecular weight excluding hydrogens is 269 g/mol. The van der Waals surface area contributed by atoms with Gasteiger partial charge >= 0.3 is 0 Å². The van der Waals surface area contributed by atoms with Gasteiger partial charge in [0.25, 0.3) is 0 Å². The summed E-state index contributed by atoms with van der Waals surface area (Å²) in [5, 5.41) is 9.83. The smallest absolute Gasteiger partial charge is 0.211 e. The number of hydrogen-bond acceptors (Lipinski definition) is 3. The van der Waals surface area contributed by atoms with Crippen LogP contribution < -0.4 is 4.72 Å². The van der Waals surface area contributed by atoms with Gasteiger partial charge in [0.15, 0.2) is 0 Å². The molecule has 0 radical (unpaired) electrons. The van der Waals surface area contributed by atoms with E-state index < -0.39 is 16.1 Å². The first-order chi connectivity index (χ1) is 8.94. The number of nitrogens with one attached hydrogen (secondary N) is 1. The largest absolute Gasteiger partial charge is 0.388 e. The zero-order valence-corrected chi connectivity index (χ0v) is 11.8. The van der Waals surface area contributed by atoms with E-state index in [2.05, 4.69) is 4.72 Å². The first-order valence-electron chi connectivity index (χ1n) is 6.35. The van der Waals surface area contributed by atoms with Crippen LogP contribution in [-0.2, 0) is 10.0 Å². The van der Waals surface area contributed by atoms with Crippen LogP contribution in [0.3, 0.4) is 0 Å². The van der Waals surface area contributed by atoms with Crippen molar-refractivity contribution in [2.45, 2.75) is 32.3 Å². The molecule has 0 bridgehead atoms. The van der Waals surface area contributed by atoms with Gasteiger partial charge in [0.1, 0.15) is 5.82 Å². The van der Waals surface area contributed by atoms with Crippen molar-refractivity contribution in [2.75, 3.05) is 12.3 Å². The summed E-state index contributed by atoms with van der Waals surface area (Å²) in [7, 11) is -3.25. The van der Waals surface area contributed by atoms with Gasteiger partial charge in [-0.15, -0.1) is 0 Å². The molecule has 1 atom stereocenters. The van der Waals surface area contributed by atoms with Crippen molar-refractivity contribution in [2.24, 2.45) is 0 Å². The maximum Gasteiger partial charge on any atom is 0.211 e. The summed E-state index contributed by atoms with van der Waals surface area (Å²) in [6.45, 7) is 2.10. The van der Waals surface area contributed by atoms with Crippen LogP contribution in [0, 0.1) is 5.82 Å². The van der Waals surface area contributed by atoms with Crippen LogP contribution in [0.2, 0.25) is 0 Å². The van der Waals surface area contributed by atoms with Crippen LogP contribution in [0.1, 0.15) is 37.9 Å². The van der Waals surface area contributed by atoms with Crippen LogP contribution in [0.15, 0.2) is 24.3 Å². The van der Waals surface area contributed by atoms with E-state index in [1.54, 1.807) is 0 Å². The molecule has 1 rings (SSSR count). The summed E-state index contributed by atoms with van der Waals surface area (Å²) in [5.41, 5.74) is 0.578. The van der Waals surface area contributed by atoms with Gasteiger partial charge in [-0.1, -0.05) is 25.5 Å². The van der Waals surface area contributed by atoms with Gasteiger partial charge in [-0.25, -0.2) is 17.5 Å². The predicted molar refractivity (Wildman–Crippen MR) is 72.7 cm³/mol. The van der Waals surface area contributed by atoms with Crippen molar-refractivity contribution in [3.63, 3.8) is 0 Å². The number of aliphatic hydroxyl groups is 1. The number of hydrogen-bond donors (Lipinski definition) is 2. The second-order valence-corrected chi connectivity index (χ2v) is 6.35. The molecule has 2 N–H and O–H groups in total. The molecule has 0 fully saturated rings. The number of rotatable bonds is 8. The normalized spacial score (nSPS) is 13.4. The van der Waals surface area contributed by atoms with E-state index in [1.807, 2.05) is 6.92 Å². The molecule has 1 unspecified atom stereocenters. The molecule has 0 aliphatic carbocycles. The SMILES string of the molecule is CCCCS(=O)(=O)NCCC(O)c1ccc(F)cc1. The van der Waals surface area contributed by atoms with E-state index >= 15 is 0 Å². The Morgan fingerprint density at radius 2 is 1.95 bits per heavy atom. The van der Waals surface area contributed by atoms with Crippen LogP contribution >= 0.6 is 0 Å². The summed E-state index contributed by atoms with van der Waals surface area (Å²) >= 11 is 0. The number of halogens is 1. The highest BCUT2D eigenvalue weighted by molar-refractivity contribution is 7.89. The van der Waals surface area contributed by atoms with Crippen LogP contribution in [-0.4, -0.2) is 25.8 Å². The van der Waals surface area contributed by atoms with Gasteiger partial charge in [0.2, 0.25) is 10.0 Å². The average molecular weight is 289 g/mol. The fourth-order valence-corrected chi connectivity index (χ4v) is 2.85. The third-order valence-electron chi connectivity index (χ3n) is 2.76. The first-order valence-corrected chi connectivity index (χ1v) is 8.00. The third-order valence-corrected chi connectivity index (χ3v) is 4.23. The summed E-state index contributed by atoms with van der Waals surface area (Å²) in [5.74, 6) is -0.257. The Morgan fingerprint density at radius 3 is 2.53 bits per heavy atom. The molecule has 4 nitrogen and oxygen atoms in total. The molecule has 1 aromatic carbocycles. The highest BCUT2D eigenvalue weighted by Crippen LogP contribution is 2.16. The molecule has 0 aromatic heterocycles. The van der Waals surface area contributed by atoms with Gasteiger partial charge in [0, 0.05) is 6.54 Å². The summed E-state index contributed by atoms with van der Waals surface area (Å²) in [6.07, 6.45) is 0.904. The Bertz CT molecular complexity index is 473. The molecule has 0 aliphatic heterocycles. The number of benzene rings is 1. The van der Waals surface area contributed by atoms with Gasteiger partial charge in [-0.3, -0.25) is 0 Å². The predicted octanol–water partition coefficient (Wildman–Crippen LogP) is 1.97. The van der Waals surface area contributed by atoms with E-state index in [0.29, 0.717) is 12.0 Å². The minimum Gasteiger partial charge on any atom is -0.388 e. The number of sulfonamides is 1. The monoisotopic (exact) mass is 289 g/mol. The lowest BCUT2D eigenvalue weighted by atomic mass is 10.1. The summed E-state index contributed by atoms with van der Waals surface area (Å²) < 4.78 is 38.2.